The van der Waals surface area contributed by atoms with E-state index in [0.717, 1.165) is 0 Å². The van der Waals surface area contributed by atoms with Gasteiger partial charge in [-0.3, -0.25) is 0 Å². The van der Waals surface area contributed by atoms with Gasteiger partial charge in [0.05, 0.1) is 0 Å². The molecule has 0 aliphatic carbocycles. The number of aliphatic hydroxyl groups is 3. The highest BCUT2D eigenvalue weighted by atomic mass is 16.7. The zero-order valence-electron chi connectivity index (χ0n) is 4.19. The molecule has 1 saturated heterocycles. The summed E-state index contributed by atoms with van der Waals surface area (Å²) >= 11 is 0. The Labute approximate surface area is 46.3 Å². The first-order valence-electron chi connectivity index (χ1n) is 2.40. The molecule has 0 amide bonds. The van der Waals surface area contributed by atoms with Crippen molar-refractivity contribution < 1.29 is 20.1 Å². The first kappa shape index (κ1) is 5.97. The third kappa shape index (κ3) is 0.976. The Morgan fingerprint density at radius 1 is 1.25 bits per heavy atom. The van der Waals surface area contributed by atoms with Crippen molar-refractivity contribution in [1.82, 2.24) is 0 Å². The molecule has 4 heteroatoms. The maximum Gasteiger partial charge on any atom is 0.184 e. The van der Waals surface area contributed by atoms with Crippen LogP contribution in [0.2, 0.25) is 0 Å². The highest BCUT2D eigenvalue weighted by Crippen LogP contribution is 2.15. The van der Waals surface area contributed by atoms with Crippen LogP contribution in [0.4, 0.5) is 0 Å². The quantitative estimate of drug-likeness (QED) is 0.360. The first-order chi connectivity index (χ1) is 3.70. The average molecular weight is 120 g/mol. The van der Waals surface area contributed by atoms with Crippen LogP contribution in [-0.4, -0.2) is 34.0 Å². The fourth-order valence-corrected chi connectivity index (χ4v) is 0.630. The molecular weight excluding hydrogens is 112 g/mol. The highest BCUT2D eigenvalue weighted by Gasteiger charge is 2.30. The van der Waals surface area contributed by atoms with Gasteiger partial charge in [-0.25, -0.2) is 0 Å². The van der Waals surface area contributed by atoms with Crippen molar-refractivity contribution in [2.24, 2.45) is 0 Å². The maximum atomic E-state index is 8.63. The van der Waals surface area contributed by atoms with E-state index in [2.05, 4.69) is 4.74 Å². The number of hydrogen-bond donors (Lipinski definition) is 3. The number of aliphatic hydroxyl groups excluding tert-OH is 3. The molecule has 0 aromatic heterocycles. The fourth-order valence-electron chi connectivity index (χ4n) is 0.630. The van der Waals surface area contributed by atoms with E-state index < -0.39 is 18.7 Å². The molecule has 48 valence electrons. The van der Waals surface area contributed by atoms with Crippen LogP contribution in [0.5, 0.6) is 0 Å². The summed E-state index contributed by atoms with van der Waals surface area (Å²) in [5, 5.41) is 25.7. The summed E-state index contributed by atoms with van der Waals surface area (Å²) in [5.41, 5.74) is 0. The minimum atomic E-state index is -1.20. The van der Waals surface area contributed by atoms with Crippen molar-refractivity contribution in [3.63, 3.8) is 0 Å². The molecule has 1 aliphatic heterocycles. The van der Waals surface area contributed by atoms with Gasteiger partial charge in [0.1, 0.15) is 6.10 Å². The Morgan fingerprint density at radius 3 is 2.00 bits per heavy atom. The molecule has 1 fully saturated rings. The molecule has 0 bridgehead atoms. The lowest BCUT2D eigenvalue weighted by molar-refractivity contribution is -0.175. The van der Waals surface area contributed by atoms with Gasteiger partial charge in [0.2, 0.25) is 0 Å². The minimum Gasteiger partial charge on any atom is -0.388 e. The zero-order valence-corrected chi connectivity index (χ0v) is 4.19. The smallest absolute Gasteiger partial charge is 0.184 e. The van der Waals surface area contributed by atoms with Gasteiger partial charge in [-0.05, 0) is 0 Å². The zero-order chi connectivity index (χ0) is 6.15. The molecule has 4 nitrogen and oxygen atoms in total. The molecule has 1 rings (SSSR count). The summed E-state index contributed by atoms with van der Waals surface area (Å²) in [5.74, 6) is 0. The molecule has 1 aliphatic rings. The SMILES string of the molecule is OC1CC(O)C(O)O1. The highest BCUT2D eigenvalue weighted by molar-refractivity contribution is 4.67. The minimum absolute atomic E-state index is 0.0984. The molecule has 1 heterocycles. The number of hydrogen-bond acceptors (Lipinski definition) is 4. The molecule has 0 aromatic carbocycles. The van der Waals surface area contributed by atoms with Crippen LogP contribution in [0.25, 0.3) is 0 Å². The molecule has 0 spiro atoms. The molecule has 0 radical (unpaired) electrons. The van der Waals surface area contributed by atoms with Crippen molar-refractivity contribution in [2.75, 3.05) is 0 Å². The van der Waals surface area contributed by atoms with Crippen molar-refractivity contribution >= 4 is 0 Å². The van der Waals surface area contributed by atoms with Crippen LogP contribution in [0.3, 0.4) is 0 Å². The largest absolute Gasteiger partial charge is 0.388 e. The maximum absolute atomic E-state index is 8.63. The van der Waals surface area contributed by atoms with Crippen molar-refractivity contribution in [2.45, 2.75) is 25.1 Å². The van der Waals surface area contributed by atoms with Crippen LogP contribution in [0.15, 0.2) is 0 Å². The molecule has 3 unspecified atom stereocenters. The van der Waals surface area contributed by atoms with E-state index in [1.165, 1.54) is 0 Å². The first-order valence-corrected chi connectivity index (χ1v) is 2.40. The predicted octanol–water partition coefficient (Wildman–Crippen LogP) is -1.60. The summed E-state index contributed by atoms with van der Waals surface area (Å²) < 4.78 is 4.33. The van der Waals surface area contributed by atoms with Crippen LogP contribution >= 0.6 is 0 Å². The van der Waals surface area contributed by atoms with Crippen LogP contribution in [0.1, 0.15) is 6.42 Å². The van der Waals surface area contributed by atoms with Crippen molar-refractivity contribution in [1.29, 1.82) is 0 Å². The van der Waals surface area contributed by atoms with E-state index in [1.54, 1.807) is 0 Å². The standard InChI is InChI=1S/C4H8O4/c5-2-1-3(6)8-4(2)7/h2-7H,1H2. The third-order valence-electron chi connectivity index (χ3n) is 1.07. The Morgan fingerprint density at radius 2 is 1.88 bits per heavy atom. The average Bonchev–Trinajstić information content (AvgIpc) is 1.85. The van der Waals surface area contributed by atoms with Gasteiger partial charge in [-0.1, -0.05) is 0 Å². The second-order valence-corrected chi connectivity index (χ2v) is 1.78. The Balaban J connectivity index is 2.39. The second kappa shape index (κ2) is 1.99. The van der Waals surface area contributed by atoms with Crippen molar-refractivity contribution in [3.8, 4) is 0 Å². The lowest BCUT2D eigenvalue weighted by Crippen LogP contribution is -2.19. The van der Waals surface area contributed by atoms with Gasteiger partial charge in [0, 0.05) is 6.42 Å². The Hall–Kier alpha value is -0.160. The topological polar surface area (TPSA) is 69.9 Å². The molecule has 8 heavy (non-hydrogen) atoms. The molecule has 0 saturated carbocycles. The van der Waals surface area contributed by atoms with Crippen molar-refractivity contribution in [3.05, 3.63) is 0 Å². The summed E-state index contributed by atoms with van der Waals surface area (Å²) in [6.45, 7) is 0. The summed E-state index contributed by atoms with van der Waals surface area (Å²) in [4.78, 5) is 0. The van der Waals surface area contributed by atoms with E-state index in [4.69, 9.17) is 15.3 Å². The molecule has 0 aromatic rings. The summed E-state index contributed by atoms with van der Waals surface area (Å²) in [6.07, 6.45) is -3.03. The monoisotopic (exact) mass is 120 g/mol. The fraction of sp³-hybridized carbons (Fsp3) is 1.00. The molecular formula is C4H8O4. The van der Waals surface area contributed by atoms with Crippen LogP contribution < -0.4 is 0 Å². The van der Waals surface area contributed by atoms with Gasteiger partial charge in [-0.2, -0.15) is 0 Å². The van der Waals surface area contributed by atoms with E-state index >= 15 is 0 Å². The predicted molar refractivity (Wildman–Crippen MR) is 23.7 cm³/mol. The van der Waals surface area contributed by atoms with Crippen LogP contribution in [-0.2, 0) is 4.74 Å². The van der Waals surface area contributed by atoms with Gasteiger partial charge in [0.15, 0.2) is 12.6 Å². The molecule has 3 N–H and O–H groups in total. The molecule has 3 atom stereocenters. The number of rotatable bonds is 0. The Kier molecular flexibility index (Phi) is 1.48. The third-order valence-corrected chi connectivity index (χ3v) is 1.07. The number of ether oxygens (including phenoxy) is 1. The lowest BCUT2D eigenvalue weighted by Gasteiger charge is -2.02. The van der Waals surface area contributed by atoms with E-state index in [-0.39, 0.29) is 6.42 Å². The summed E-state index contributed by atoms with van der Waals surface area (Å²) in [7, 11) is 0. The Bertz CT molecular complexity index is 74.1. The van der Waals surface area contributed by atoms with Gasteiger partial charge < -0.3 is 20.1 Å². The second-order valence-electron chi connectivity index (χ2n) is 1.78. The van der Waals surface area contributed by atoms with Gasteiger partial charge >= 0.3 is 0 Å². The van der Waals surface area contributed by atoms with Crippen LogP contribution in [0, 0.1) is 0 Å². The normalized spacial score (nSPS) is 47.6. The summed E-state index contributed by atoms with van der Waals surface area (Å²) in [6, 6.07) is 0. The lowest BCUT2D eigenvalue weighted by atomic mass is 10.3. The van der Waals surface area contributed by atoms with E-state index in [9.17, 15) is 0 Å². The van der Waals surface area contributed by atoms with Gasteiger partial charge in [-0.15, -0.1) is 0 Å². The van der Waals surface area contributed by atoms with Gasteiger partial charge in [0.25, 0.3) is 0 Å². The van der Waals surface area contributed by atoms with E-state index in [0.29, 0.717) is 0 Å². The van der Waals surface area contributed by atoms with E-state index in [1.807, 2.05) is 0 Å².